The van der Waals surface area contributed by atoms with Crippen LogP contribution in [0.2, 0.25) is 5.02 Å². The maximum atomic E-state index is 13.7. The van der Waals surface area contributed by atoms with Crippen molar-refractivity contribution in [3.05, 3.63) is 33.1 Å². The van der Waals surface area contributed by atoms with Gasteiger partial charge in [0.2, 0.25) is 0 Å². The molecule has 0 unspecified atom stereocenters. The van der Waals surface area contributed by atoms with Gasteiger partial charge in [0.15, 0.2) is 11.7 Å². The van der Waals surface area contributed by atoms with Crippen LogP contribution in [0.5, 0.6) is 0 Å². The normalized spacial score (nSPS) is 24.6. The Labute approximate surface area is 168 Å². The summed E-state index contributed by atoms with van der Waals surface area (Å²) in [6.07, 6.45) is -3.10. The van der Waals surface area contributed by atoms with Crippen molar-refractivity contribution in [3.63, 3.8) is 0 Å². The number of alkyl halides is 3. The predicted molar refractivity (Wildman–Crippen MR) is 98.9 cm³/mol. The van der Waals surface area contributed by atoms with Crippen LogP contribution in [0, 0.1) is 0 Å². The van der Waals surface area contributed by atoms with Crippen LogP contribution >= 0.6 is 22.9 Å². The lowest BCUT2D eigenvalue weighted by atomic mass is 10.0. The smallest absolute Gasteiger partial charge is 0.376 e. The topological polar surface area (TPSA) is 68.2 Å². The number of nitrogens with one attached hydrogen (secondary N) is 2. The van der Waals surface area contributed by atoms with E-state index in [0.717, 1.165) is 22.4 Å². The zero-order valence-corrected chi connectivity index (χ0v) is 16.2. The Balaban J connectivity index is 1.61. The SMILES string of the molecule is O=C(NC[C@@H]1CCCO1)c1nn2c(c1Cl)N[C@H](c1cccs1)C[C@@H]2C(F)(F)F. The Kier molecular flexibility index (Phi) is 5.28. The van der Waals surface area contributed by atoms with E-state index in [-0.39, 0.29) is 35.6 Å². The number of rotatable bonds is 4. The van der Waals surface area contributed by atoms with E-state index in [4.69, 9.17) is 16.3 Å². The molecule has 4 heterocycles. The van der Waals surface area contributed by atoms with E-state index in [2.05, 4.69) is 15.7 Å². The van der Waals surface area contributed by atoms with Crippen LogP contribution in [-0.2, 0) is 4.74 Å². The molecule has 11 heteroatoms. The van der Waals surface area contributed by atoms with E-state index in [1.165, 1.54) is 11.3 Å². The number of fused-ring (bicyclic) bond motifs is 1. The summed E-state index contributed by atoms with van der Waals surface area (Å²) >= 11 is 7.63. The van der Waals surface area contributed by atoms with Gasteiger partial charge in [0.05, 0.1) is 12.1 Å². The third kappa shape index (κ3) is 3.72. The van der Waals surface area contributed by atoms with Crippen molar-refractivity contribution >= 4 is 34.7 Å². The average molecular weight is 435 g/mol. The fourth-order valence-corrected chi connectivity index (χ4v) is 4.56. The highest BCUT2D eigenvalue weighted by atomic mass is 35.5. The maximum Gasteiger partial charge on any atom is 0.410 e. The van der Waals surface area contributed by atoms with Crippen LogP contribution in [-0.4, -0.2) is 41.1 Å². The highest BCUT2D eigenvalue weighted by molar-refractivity contribution is 7.10. The van der Waals surface area contributed by atoms with Gasteiger partial charge in [-0.3, -0.25) is 4.79 Å². The van der Waals surface area contributed by atoms with Crippen molar-refractivity contribution in [1.82, 2.24) is 15.1 Å². The van der Waals surface area contributed by atoms with Crippen LogP contribution < -0.4 is 10.6 Å². The van der Waals surface area contributed by atoms with Crippen LogP contribution in [0.4, 0.5) is 19.0 Å². The molecule has 152 valence electrons. The molecule has 2 N–H and O–H groups in total. The van der Waals surface area contributed by atoms with Crippen LogP contribution in [0.15, 0.2) is 17.5 Å². The number of thiophene rings is 1. The summed E-state index contributed by atoms with van der Waals surface area (Å²) < 4.78 is 47.3. The molecule has 0 spiro atoms. The summed E-state index contributed by atoms with van der Waals surface area (Å²) in [4.78, 5) is 13.2. The zero-order chi connectivity index (χ0) is 19.9. The van der Waals surface area contributed by atoms with Crippen LogP contribution in [0.25, 0.3) is 0 Å². The van der Waals surface area contributed by atoms with E-state index in [1.807, 2.05) is 0 Å². The van der Waals surface area contributed by atoms with Gasteiger partial charge in [-0.05, 0) is 24.3 Å². The molecule has 0 radical (unpaired) electrons. The maximum absolute atomic E-state index is 13.7. The Morgan fingerprint density at radius 3 is 2.96 bits per heavy atom. The standard InChI is InChI=1S/C17H18ClF3N4O2S/c18-13-14(16(26)22-8-9-3-1-5-27-9)24-25-12(17(19,20)21)7-10(23-15(13)25)11-4-2-6-28-11/h2,4,6,9-10,12,23H,1,3,5,7-8H2,(H,22,26)/t9-,10-,12+/m0/s1. The molecule has 3 atom stereocenters. The van der Waals surface area contributed by atoms with Gasteiger partial charge >= 0.3 is 6.18 Å². The number of anilines is 1. The van der Waals surface area contributed by atoms with E-state index in [0.29, 0.717) is 6.61 Å². The van der Waals surface area contributed by atoms with Crippen molar-refractivity contribution < 1.29 is 22.7 Å². The molecule has 28 heavy (non-hydrogen) atoms. The molecule has 0 aromatic carbocycles. The summed E-state index contributed by atoms with van der Waals surface area (Å²) in [5.74, 6) is -0.603. The Bertz CT molecular complexity index is 849. The number of nitrogens with zero attached hydrogens (tertiary/aromatic N) is 2. The number of carbonyl (C=O) groups is 1. The Morgan fingerprint density at radius 1 is 1.50 bits per heavy atom. The molecule has 0 bridgehead atoms. The second-order valence-corrected chi connectivity index (χ2v) is 8.16. The monoisotopic (exact) mass is 434 g/mol. The second kappa shape index (κ2) is 7.57. The van der Waals surface area contributed by atoms with Crippen molar-refractivity contribution in [2.75, 3.05) is 18.5 Å². The van der Waals surface area contributed by atoms with E-state index >= 15 is 0 Å². The lowest BCUT2D eigenvalue weighted by Gasteiger charge is -2.32. The highest BCUT2D eigenvalue weighted by Gasteiger charge is 2.48. The molecule has 4 rings (SSSR count). The lowest BCUT2D eigenvalue weighted by molar-refractivity contribution is -0.173. The number of halogens is 4. The molecule has 2 aromatic heterocycles. The van der Waals surface area contributed by atoms with Crippen molar-refractivity contribution in [3.8, 4) is 0 Å². The largest absolute Gasteiger partial charge is 0.410 e. The van der Waals surface area contributed by atoms with Gasteiger partial charge in [-0.2, -0.15) is 18.3 Å². The third-order valence-corrected chi connectivity index (χ3v) is 6.26. The molecule has 2 aromatic rings. The molecule has 0 aliphatic carbocycles. The van der Waals surface area contributed by atoms with Gasteiger partial charge < -0.3 is 15.4 Å². The first-order valence-electron chi connectivity index (χ1n) is 8.89. The summed E-state index contributed by atoms with van der Waals surface area (Å²) in [6, 6.07) is 1.12. The van der Waals surface area contributed by atoms with E-state index < -0.39 is 24.2 Å². The number of amides is 1. The molecule has 1 saturated heterocycles. The minimum atomic E-state index is -4.52. The molecular weight excluding hydrogens is 417 g/mol. The van der Waals surface area contributed by atoms with Gasteiger partial charge in [0.25, 0.3) is 5.91 Å². The molecular formula is C17H18ClF3N4O2S. The minimum absolute atomic E-state index is 0.0101. The summed E-state index contributed by atoms with van der Waals surface area (Å²) in [6.45, 7) is 0.909. The minimum Gasteiger partial charge on any atom is -0.376 e. The summed E-state index contributed by atoms with van der Waals surface area (Å²) in [7, 11) is 0. The van der Waals surface area contributed by atoms with Gasteiger partial charge in [0, 0.05) is 24.4 Å². The Hall–Kier alpha value is -1.78. The lowest BCUT2D eigenvalue weighted by Crippen LogP contribution is -2.36. The molecule has 1 amide bonds. The number of ether oxygens (including phenoxy) is 1. The van der Waals surface area contributed by atoms with Crippen LogP contribution in [0.1, 0.15) is 46.7 Å². The fraction of sp³-hybridized carbons (Fsp3) is 0.529. The van der Waals surface area contributed by atoms with Crippen LogP contribution in [0.3, 0.4) is 0 Å². The van der Waals surface area contributed by atoms with Gasteiger partial charge in [-0.25, -0.2) is 4.68 Å². The quantitative estimate of drug-likeness (QED) is 0.758. The first kappa shape index (κ1) is 19.5. The van der Waals surface area contributed by atoms with Crippen molar-refractivity contribution in [2.24, 2.45) is 0 Å². The number of hydrogen-bond donors (Lipinski definition) is 2. The first-order valence-corrected chi connectivity index (χ1v) is 10.1. The zero-order valence-electron chi connectivity index (χ0n) is 14.6. The first-order chi connectivity index (χ1) is 13.3. The van der Waals surface area contributed by atoms with Gasteiger partial charge in [-0.1, -0.05) is 17.7 Å². The fourth-order valence-electron chi connectivity index (χ4n) is 3.51. The molecule has 2 aliphatic heterocycles. The predicted octanol–water partition coefficient (Wildman–Crippen LogP) is 4.17. The third-order valence-electron chi connectivity index (χ3n) is 4.91. The highest BCUT2D eigenvalue weighted by Crippen LogP contribution is 2.46. The molecule has 6 nitrogen and oxygen atoms in total. The van der Waals surface area contributed by atoms with E-state index in [9.17, 15) is 18.0 Å². The van der Waals surface area contributed by atoms with Crippen molar-refractivity contribution in [1.29, 1.82) is 0 Å². The number of aromatic nitrogens is 2. The van der Waals surface area contributed by atoms with Gasteiger partial charge in [-0.15, -0.1) is 11.3 Å². The molecule has 2 aliphatic rings. The summed E-state index contributed by atoms with van der Waals surface area (Å²) in [5, 5.41) is 11.3. The van der Waals surface area contributed by atoms with Crippen molar-refractivity contribution in [2.45, 2.75) is 43.6 Å². The number of hydrogen-bond acceptors (Lipinski definition) is 5. The second-order valence-electron chi connectivity index (χ2n) is 6.81. The van der Waals surface area contributed by atoms with E-state index in [1.54, 1.807) is 17.5 Å². The molecule has 0 saturated carbocycles. The Morgan fingerprint density at radius 2 is 2.32 bits per heavy atom. The summed E-state index contributed by atoms with van der Waals surface area (Å²) in [5.41, 5.74) is -0.219. The van der Waals surface area contributed by atoms with Gasteiger partial charge in [0.1, 0.15) is 10.8 Å². The average Bonchev–Trinajstić information content (AvgIpc) is 3.40. The number of carbonyl (C=O) groups excluding carboxylic acids is 1. The molecule has 1 fully saturated rings.